The Kier molecular flexibility index (Phi) is 7.74. The minimum absolute atomic E-state index is 0.485. The number of carboxylic acids is 1. The highest BCUT2D eigenvalue weighted by atomic mass is 32.2. The fourth-order valence-corrected chi connectivity index (χ4v) is 1.43. The minimum atomic E-state index is -1.28. The molecule has 0 aliphatic heterocycles. The van der Waals surface area contributed by atoms with Gasteiger partial charge in [-0.25, -0.2) is 9.59 Å². The first-order valence-corrected chi connectivity index (χ1v) is 6.32. The summed E-state index contributed by atoms with van der Waals surface area (Å²) in [5, 5.41) is 22.5. The topological polar surface area (TPSA) is 98.7 Å². The molecule has 2 amide bonds. The maximum absolute atomic E-state index is 11.2. The van der Waals surface area contributed by atoms with E-state index in [0.717, 1.165) is 12.2 Å². The molecule has 7 heteroatoms. The number of hydrogen-bond donors (Lipinski definition) is 4. The summed E-state index contributed by atoms with van der Waals surface area (Å²) in [6.45, 7) is 1.80. The van der Waals surface area contributed by atoms with E-state index in [9.17, 15) is 9.59 Å². The quantitative estimate of drug-likeness (QED) is 0.472. The number of aliphatic hydroxyl groups is 1. The number of carbonyl (C=O) groups excluding carboxylic acids is 1. The van der Waals surface area contributed by atoms with Crippen molar-refractivity contribution in [1.82, 2.24) is 10.6 Å². The molecular formula is C9H18N2O4S. The number of carbonyl (C=O) groups is 2. The Balaban J connectivity index is 3.87. The molecule has 0 aromatic rings. The Hall–Kier alpha value is -0.950. The number of thioether (sulfide) groups is 1. The van der Waals surface area contributed by atoms with Crippen molar-refractivity contribution < 1.29 is 19.8 Å². The highest BCUT2D eigenvalue weighted by Crippen LogP contribution is 1.94. The van der Waals surface area contributed by atoms with Crippen molar-refractivity contribution in [2.75, 3.05) is 18.6 Å². The SMILES string of the molecule is CSCCCNC(=O)NC(C(=O)O)C(C)O. The van der Waals surface area contributed by atoms with E-state index in [-0.39, 0.29) is 0 Å². The van der Waals surface area contributed by atoms with Gasteiger partial charge in [-0.2, -0.15) is 11.8 Å². The zero-order valence-corrected chi connectivity index (χ0v) is 10.2. The number of rotatable bonds is 7. The summed E-state index contributed by atoms with van der Waals surface area (Å²) in [5.74, 6) is -0.326. The van der Waals surface area contributed by atoms with Crippen LogP contribution in [0.3, 0.4) is 0 Å². The number of urea groups is 1. The normalized spacial score (nSPS) is 13.9. The lowest BCUT2D eigenvalue weighted by molar-refractivity contribution is -0.141. The summed E-state index contributed by atoms with van der Waals surface area (Å²) in [4.78, 5) is 21.9. The minimum Gasteiger partial charge on any atom is -0.480 e. The van der Waals surface area contributed by atoms with Gasteiger partial charge in [0, 0.05) is 6.54 Å². The molecule has 0 fully saturated rings. The van der Waals surface area contributed by atoms with Crippen molar-refractivity contribution in [3.8, 4) is 0 Å². The third kappa shape index (κ3) is 6.52. The molecule has 0 aliphatic rings. The van der Waals surface area contributed by atoms with Crippen LogP contribution in [-0.2, 0) is 4.79 Å². The highest BCUT2D eigenvalue weighted by Gasteiger charge is 2.24. The van der Waals surface area contributed by atoms with Crippen LogP contribution in [0.4, 0.5) is 4.79 Å². The predicted octanol–water partition coefficient (Wildman–Crippen LogP) is -0.127. The molecule has 0 bridgehead atoms. The number of aliphatic carboxylic acids is 1. The van der Waals surface area contributed by atoms with Gasteiger partial charge in [0.1, 0.15) is 0 Å². The Morgan fingerprint density at radius 2 is 2.06 bits per heavy atom. The Morgan fingerprint density at radius 1 is 1.44 bits per heavy atom. The van der Waals surface area contributed by atoms with E-state index in [2.05, 4.69) is 10.6 Å². The van der Waals surface area contributed by atoms with E-state index in [1.54, 1.807) is 11.8 Å². The van der Waals surface area contributed by atoms with Crippen LogP contribution in [0.25, 0.3) is 0 Å². The van der Waals surface area contributed by atoms with Crippen molar-refractivity contribution in [3.05, 3.63) is 0 Å². The number of nitrogens with one attached hydrogen (secondary N) is 2. The Morgan fingerprint density at radius 3 is 2.50 bits per heavy atom. The van der Waals surface area contributed by atoms with Crippen molar-refractivity contribution in [3.63, 3.8) is 0 Å². The van der Waals surface area contributed by atoms with Gasteiger partial charge in [-0.1, -0.05) is 0 Å². The monoisotopic (exact) mass is 250 g/mol. The van der Waals surface area contributed by atoms with Crippen LogP contribution in [-0.4, -0.2) is 52.9 Å². The van der Waals surface area contributed by atoms with Gasteiger partial charge in [-0.05, 0) is 25.4 Å². The smallest absolute Gasteiger partial charge is 0.328 e. The first-order valence-electron chi connectivity index (χ1n) is 4.93. The molecule has 4 N–H and O–H groups in total. The van der Waals surface area contributed by atoms with Gasteiger partial charge < -0.3 is 20.8 Å². The fraction of sp³-hybridized carbons (Fsp3) is 0.778. The van der Waals surface area contributed by atoms with Gasteiger partial charge in [-0.3, -0.25) is 0 Å². The van der Waals surface area contributed by atoms with Crippen LogP contribution in [0.2, 0.25) is 0 Å². The van der Waals surface area contributed by atoms with Gasteiger partial charge in [0.05, 0.1) is 6.10 Å². The second-order valence-electron chi connectivity index (χ2n) is 3.30. The number of aliphatic hydroxyl groups excluding tert-OH is 1. The van der Waals surface area contributed by atoms with Crippen molar-refractivity contribution in [2.45, 2.75) is 25.5 Å². The number of hydrogen-bond acceptors (Lipinski definition) is 4. The zero-order chi connectivity index (χ0) is 12.6. The van der Waals surface area contributed by atoms with Crippen LogP contribution in [0, 0.1) is 0 Å². The molecule has 2 unspecified atom stereocenters. The van der Waals surface area contributed by atoms with E-state index >= 15 is 0 Å². The lowest BCUT2D eigenvalue weighted by Crippen LogP contribution is -2.51. The lowest BCUT2D eigenvalue weighted by atomic mass is 10.2. The molecule has 0 heterocycles. The summed E-state index contributed by atoms with van der Waals surface area (Å²) < 4.78 is 0. The number of carboxylic acid groups (broad SMARTS) is 1. The molecule has 0 rings (SSSR count). The molecule has 94 valence electrons. The number of amides is 2. The van der Waals surface area contributed by atoms with Crippen molar-refractivity contribution in [2.24, 2.45) is 0 Å². The van der Waals surface area contributed by atoms with Crippen LogP contribution >= 0.6 is 11.8 Å². The van der Waals surface area contributed by atoms with E-state index in [1.165, 1.54) is 6.92 Å². The third-order valence-electron chi connectivity index (χ3n) is 1.85. The van der Waals surface area contributed by atoms with Crippen LogP contribution < -0.4 is 10.6 Å². The lowest BCUT2D eigenvalue weighted by Gasteiger charge is -2.17. The van der Waals surface area contributed by atoms with Crippen LogP contribution in [0.15, 0.2) is 0 Å². The first-order chi connectivity index (χ1) is 7.49. The third-order valence-corrected chi connectivity index (χ3v) is 2.54. The van der Waals surface area contributed by atoms with Crippen molar-refractivity contribution >= 4 is 23.8 Å². The second-order valence-corrected chi connectivity index (χ2v) is 4.29. The fourth-order valence-electron chi connectivity index (χ4n) is 0.999. The summed E-state index contributed by atoms with van der Waals surface area (Å²) in [6.07, 6.45) is 1.66. The molecular weight excluding hydrogens is 232 g/mol. The largest absolute Gasteiger partial charge is 0.480 e. The molecule has 0 spiro atoms. The van der Waals surface area contributed by atoms with Gasteiger partial charge in [0.15, 0.2) is 6.04 Å². The van der Waals surface area contributed by atoms with E-state index < -0.39 is 24.1 Å². The Bertz CT molecular complexity index is 236. The molecule has 0 saturated carbocycles. The van der Waals surface area contributed by atoms with Gasteiger partial charge >= 0.3 is 12.0 Å². The maximum atomic E-state index is 11.2. The molecule has 6 nitrogen and oxygen atoms in total. The van der Waals surface area contributed by atoms with Gasteiger partial charge in [0.25, 0.3) is 0 Å². The van der Waals surface area contributed by atoms with Crippen LogP contribution in [0.5, 0.6) is 0 Å². The van der Waals surface area contributed by atoms with E-state index in [0.29, 0.717) is 6.54 Å². The average Bonchev–Trinajstić information content (AvgIpc) is 2.20. The second kappa shape index (κ2) is 8.23. The van der Waals surface area contributed by atoms with Gasteiger partial charge in [-0.15, -0.1) is 0 Å². The summed E-state index contributed by atoms with van der Waals surface area (Å²) >= 11 is 1.67. The molecule has 16 heavy (non-hydrogen) atoms. The molecule has 0 aromatic carbocycles. The van der Waals surface area contributed by atoms with E-state index in [1.807, 2.05) is 6.26 Å². The van der Waals surface area contributed by atoms with Crippen molar-refractivity contribution in [1.29, 1.82) is 0 Å². The summed E-state index contributed by atoms with van der Waals surface area (Å²) in [7, 11) is 0. The molecule has 0 saturated heterocycles. The van der Waals surface area contributed by atoms with Gasteiger partial charge in [0.2, 0.25) is 0 Å². The predicted molar refractivity (Wildman–Crippen MR) is 62.6 cm³/mol. The Labute approximate surface area is 98.8 Å². The maximum Gasteiger partial charge on any atom is 0.328 e. The molecule has 0 radical (unpaired) electrons. The first kappa shape index (κ1) is 15.0. The standard InChI is InChI=1S/C9H18N2O4S/c1-6(12)7(8(13)14)11-9(15)10-4-3-5-16-2/h6-7,12H,3-5H2,1-2H3,(H,13,14)(H2,10,11,15). The van der Waals surface area contributed by atoms with Crippen LogP contribution in [0.1, 0.15) is 13.3 Å². The average molecular weight is 250 g/mol. The van der Waals surface area contributed by atoms with E-state index in [4.69, 9.17) is 10.2 Å². The highest BCUT2D eigenvalue weighted by molar-refractivity contribution is 7.98. The molecule has 2 atom stereocenters. The summed E-state index contributed by atoms with van der Waals surface area (Å²) in [5.41, 5.74) is 0. The summed E-state index contributed by atoms with van der Waals surface area (Å²) in [6, 6.07) is -1.85. The molecule has 0 aromatic heterocycles. The molecule has 0 aliphatic carbocycles. The zero-order valence-electron chi connectivity index (χ0n) is 9.40.